The van der Waals surface area contributed by atoms with Crippen molar-refractivity contribution in [3.63, 3.8) is 0 Å². The van der Waals surface area contributed by atoms with Crippen molar-refractivity contribution in [1.29, 1.82) is 5.26 Å². The fourth-order valence-corrected chi connectivity index (χ4v) is 1.50. The summed E-state index contributed by atoms with van der Waals surface area (Å²) in [6.07, 6.45) is 4.06. The van der Waals surface area contributed by atoms with E-state index >= 15 is 0 Å². The van der Waals surface area contributed by atoms with Gasteiger partial charge in [-0.25, -0.2) is 0 Å². The van der Waals surface area contributed by atoms with Crippen LogP contribution in [0.15, 0.2) is 0 Å². The van der Waals surface area contributed by atoms with Gasteiger partial charge in [-0.3, -0.25) is 5.32 Å². The second-order valence-electron chi connectivity index (χ2n) is 4.04. The van der Waals surface area contributed by atoms with Crippen LogP contribution in [0.25, 0.3) is 0 Å². The molecule has 0 radical (unpaired) electrons. The predicted octanol–water partition coefficient (Wildman–Crippen LogP) is 2.48. The molecule has 0 spiro atoms. The van der Waals surface area contributed by atoms with Crippen molar-refractivity contribution in [2.24, 2.45) is 0 Å². The van der Waals surface area contributed by atoms with Crippen LogP contribution >= 0.6 is 0 Å². The highest BCUT2D eigenvalue weighted by Gasteiger charge is 2.20. The van der Waals surface area contributed by atoms with Crippen molar-refractivity contribution in [2.45, 2.75) is 52.0 Å². The molecule has 0 aromatic rings. The average molecular weight is 212 g/mol. The minimum Gasteiger partial charge on any atom is -0.381 e. The fraction of sp³-hybridized carbons (Fsp3) is 0.917. The lowest BCUT2D eigenvalue weighted by Crippen LogP contribution is -2.40. The number of ether oxygens (including phenoxy) is 1. The van der Waals surface area contributed by atoms with Gasteiger partial charge in [-0.05, 0) is 39.2 Å². The first-order chi connectivity index (χ1) is 7.18. The van der Waals surface area contributed by atoms with Gasteiger partial charge in [0.25, 0.3) is 0 Å². The summed E-state index contributed by atoms with van der Waals surface area (Å²) in [5.74, 6) is 0. The Morgan fingerprint density at radius 2 is 2.00 bits per heavy atom. The number of nitrogens with one attached hydrogen (secondary N) is 1. The molecule has 1 unspecified atom stereocenters. The predicted molar refractivity (Wildman–Crippen MR) is 62.7 cm³/mol. The molecule has 0 aliphatic carbocycles. The summed E-state index contributed by atoms with van der Waals surface area (Å²) in [4.78, 5) is 0. The van der Waals surface area contributed by atoms with Crippen molar-refractivity contribution in [3.05, 3.63) is 0 Å². The van der Waals surface area contributed by atoms with Gasteiger partial charge in [-0.1, -0.05) is 13.8 Å². The van der Waals surface area contributed by atoms with E-state index in [0.29, 0.717) is 0 Å². The quantitative estimate of drug-likeness (QED) is 0.597. The maximum atomic E-state index is 9.01. The second kappa shape index (κ2) is 8.70. The summed E-state index contributed by atoms with van der Waals surface area (Å²) in [6.45, 7) is 8.61. The fourth-order valence-electron chi connectivity index (χ4n) is 1.50. The summed E-state index contributed by atoms with van der Waals surface area (Å²) in [5, 5.41) is 12.2. The van der Waals surface area contributed by atoms with Crippen LogP contribution in [0, 0.1) is 11.3 Å². The molecular weight excluding hydrogens is 188 g/mol. The van der Waals surface area contributed by atoms with Crippen LogP contribution in [-0.2, 0) is 4.74 Å². The van der Waals surface area contributed by atoms with E-state index in [4.69, 9.17) is 10.00 Å². The summed E-state index contributed by atoms with van der Waals surface area (Å²) in [7, 11) is 0. The third-order valence-electron chi connectivity index (χ3n) is 2.38. The van der Waals surface area contributed by atoms with Crippen LogP contribution in [0.5, 0.6) is 0 Å². The highest BCUT2D eigenvalue weighted by Crippen LogP contribution is 2.12. The molecule has 1 atom stereocenters. The smallest absolute Gasteiger partial charge is 0.103 e. The Labute approximate surface area is 93.8 Å². The molecule has 0 rings (SSSR count). The van der Waals surface area contributed by atoms with Crippen LogP contribution in [0.1, 0.15) is 46.5 Å². The van der Waals surface area contributed by atoms with Gasteiger partial charge in [0.15, 0.2) is 0 Å². The van der Waals surface area contributed by atoms with E-state index in [-0.39, 0.29) is 5.54 Å². The molecule has 15 heavy (non-hydrogen) atoms. The highest BCUT2D eigenvalue weighted by atomic mass is 16.5. The Morgan fingerprint density at radius 3 is 2.53 bits per heavy atom. The van der Waals surface area contributed by atoms with E-state index in [2.05, 4.69) is 18.3 Å². The second-order valence-corrected chi connectivity index (χ2v) is 4.04. The topological polar surface area (TPSA) is 45.0 Å². The zero-order valence-electron chi connectivity index (χ0n) is 10.3. The Bertz CT molecular complexity index is 189. The van der Waals surface area contributed by atoms with Crippen molar-refractivity contribution in [3.8, 4) is 6.07 Å². The minimum absolute atomic E-state index is 0.362. The molecule has 3 nitrogen and oxygen atoms in total. The molecule has 0 fully saturated rings. The molecule has 0 heterocycles. The number of nitrogens with zero attached hydrogens (tertiary/aromatic N) is 1. The lowest BCUT2D eigenvalue weighted by Gasteiger charge is -2.22. The first-order valence-electron chi connectivity index (χ1n) is 5.92. The number of rotatable bonds is 9. The maximum absolute atomic E-state index is 9.01. The number of hydrogen-bond donors (Lipinski definition) is 1. The molecular formula is C12H24N2O. The van der Waals surface area contributed by atoms with Gasteiger partial charge in [-0.15, -0.1) is 0 Å². The van der Waals surface area contributed by atoms with Gasteiger partial charge in [0, 0.05) is 13.2 Å². The summed E-state index contributed by atoms with van der Waals surface area (Å²) in [5.41, 5.74) is -0.362. The average Bonchev–Trinajstić information content (AvgIpc) is 2.24. The highest BCUT2D eigenvalue weighted by molar-refractivity contribution is 5.03. The SMILES string of the molecule is CCCOCCCCC(C)(C#N)NCC. The summed E-state index contributed by atoms with van der Waals surface area (Å²) in [6, 6.07) is 2.33. The Hall–Kier alpha value is -0.590. The van der Waals surface area contributed by atoms with Crippen LogP contribution in [0.3, 0.4) is 0 Å². The van der Waals surface area contributed by atoms with Gasteiger partial charge in [0.05, 0.1) is 6.07 Å². The zero-order chi connectivity index (χ0) is 11.6. The molecule has 0 saturated carbocycles. The van der Waals surface area contributed by atoms with E-state index < -0.39 is 0 Å². The molecule has 0 saturated heterocycles. The Balaban J connectivity index is 3.51. The molecule has 0 bridgehead atoms. The van der Waals surface area contributed by atoms with E-state index in [1.165, 1.54) is 0 Å². The third kappa shape index (κ3) is 7.35. The lowest BCUT2D eigenvalue weighted by molar-refractivity contribution is 0.129. The van der Waals surface area contributed by atoms with E-state index in [1.807, 2.05) is 13.8 Å². The van der Waals surface area contributed by atoms with E-state index in [1.54, 1.807) is 0 Å². The van der Waals surface area contributed by atoms with Crippen molar-refractivity contribution in [1.82, 2.24) is 5.32 Å². The van der Waals surface area contributed by atoms with Crippen LogP contribution in [0.4, 0.5) is 0 Å². The standard InChI is InChI=1S/C12H24N2O/c1-4-9-15-10-7-6-8-12(3,11-13)14-5-2/h14H,4-10H2,1-3H3. The van der Waals surface area contributed by atoms with Gasteiger partial charge < -0.3 is 4.74 Å². The molecule has 3 heteroatoms. The van der Waals surface area contributed by atoms with E-state index in [9.17, 15) is 0 Å². The Morgan fingerprint density at radius 1 is 1.27 bits per heavy atom. The van der Waals surface area contributed by atoms with Crippen LogP contribution in [0.2, 0.25) is 0 Å². The van der Waals surface area contributed by atoms with Gasteiger partial charge >= 0.3 is 0 Å². The third-order valence-corrected chi connectivity index (χ3v) is 2.38. The molecule has 88 valence electrons. The van der Waals surface area contributed by atoms with E-state index in [0.717, 1.165) is 45.4 Å². The lowest BCUT2D eigenvalue weighted by atomic mass is 9.97. The summed E-state index contributed by atoms with van der Waals surface area (Å²) < 4.78 is 5.39. The van der Waals surface area contributed by atoms with Crippen molar-refractivity contribution in [2.75, 3.05) is 19.8 Å². The molecule has 0 aromatic heterocycles. The number of nitriles is 1. The van der Waals surface area contributed by atoms with Gasteiger partial charge in [-0.2, -0.15) is 5.26 Å². The monoisotopic (exact) mass is 212 g/mol. The van der Waals surface area contributed by atoms with Crippen molar-refractivity contribution < 1.29 is 4.74 Å². The molecule has 0 aromatic carbocycles. The minimum atomic E-state index is -0.362. The van der Waals surface area contributed by atoms with Crippen molar-refractivity contribution >= 4 is 0 Å². The molecule has 0 amide bonds. The zero-order valence-corrected chi connectivity index (χ0v) is 10.3. The first-order valence-corrected chi connectivity index (χ1v) is 5.92. The molecule has 0 aliphatic rings. The normalized spacial score (nSPS) is 14.5. The Kier molecular flexibility index (Phi) is 8.35. The van der Waals surface area contributed by atoms with Crippen LogP contribution < -0.4 is 5.32 Å². The molecule has 1 N–H and O–H groups in total. The van der Waals surface area contributed by atoms with Gasteiger partial charge in [0.1, 0.15) is 5.54 Å². The largest absolute Gasteiger partial charge is 0.381 e. The number of hydrogen-bond acceptors (Lipinski definition) is 3. The van der Waals surface area contributed by atoms with Gasteiger partial charge in [0.2, 0.25) is 0 Å². The number of unbranched alkanes of at least 4 members (excludes halogenated alkanes) is 1. The first kappa shape index (κ1) is 14.4. The van der Waals surface area contributed by atoms with Crippen LogP contribution in [-0.4, -0.2) is 25.3 Å². The molecule has 0 aliphatic heterocycles. The summed E-state index contributed by atoms with van der Waals surface area (Å²) >= 11 is 0. The maximum Gasteiger partial charge on any atom is 0.103 e.